The minimum Gasteiger partial charge on any atom is -0.463 e. The van der Waals surface area contributed by atoms with E-state index in [1.807, 2.05) is 13.0 Å². The third kappa shape index (κ3) is 2.05. The fraction of sp³-hybridized carbons (Fsp3) is 0.615. The minimum absolute atomic E-state index is 0.0387. The lowest BCUT2D eigenvalue weighted by molar-refractivity contribution is 0.0303. The molecule has 1 aromatic heterocycles. The summed E-state index contributed by atoms with van der Waals surface area (Å²) >= 11 is 0. The lowest BCUT2D eigenvalue weighted by atomic mass is 10.1. The molecule has 1 fully saturated rings. The van der Waals surface area contributed by atoms with Crippen LogP contribution in [0.4, 0.5) is 0 Å². The Kier molecular flexibility index (Phi) is 3.15. The highest BCUT2D eigenvalue weighted by atomic mass is 16.5. The number of ether oxygens (including phenoxy) is 1. The molecule has 1 aliphatic rings. The van der Waals surface area contributed by atoms with Crippen molar-refractivity contribution in [2.75, 3.05) is 0 Å². The van der Waals surface area contributed by atoms with Crippen LogP contribution in [-0.2, 0) is 4.74 Å². The molecule has 2 atom stereocenters. The highest BCUT2D eigenvalue weighted by Gasteiger charge is 2.28. The average molecular weight is 222 g/mol. The number of Topliss-reactive ketones (excluding diaryl/α,β-unsaturated/α-hetero) is 1. The van der Waals surface area contributed by atoms with Crippen LogP contribution in [0, 0.1) is 6.92 Å². The summed E-state index contributed by atoms with van der Waals surface area (Å²) in [4.78, 5) is 11.3. The van der Waals surface area contributed by atoms with E-state index in [0.29, 0.717) is 17.4 Å². The summed E-state index contributed by atoms with van der Waals surface area (Å²) in [5, 5.41) is 0. The molecule has 88 valence electrons. The van der Waals surface area contributed by atoms with Crippen molar-refractivity contribution in [1.82, 2.24) is 0 Å². The molecule has 0 radical (unpaired) electrons. The van der Waals surface area contributed by atoms with Crippen molar-refractivity contribution < 1.29 is 13.9 Å². The first-order chi connectivity index (χ1) is 7.61. The lowest BCUT2D eigenvalue weighted by Crippen LogP contribution is -2.03. The first kappa shape index (κ1) is 11.4. The monoisotopic (exact) mass is 222 g/mol. The second kappa shape index (κ2) is 4.42. The summed E-state index contributed by atoms with van der Waals surface area (Å²) in [5.41, 5.74) is 0.679. The molecule has 0 saturated carbocycles. The third-order valence-corrected chi connectivity index (χ3v) is 3.20. The summed E-state index contributed by atoms with van der Waals surface area (Å²) in [6, 6.07) is 1.83. The Labute approximate surface area is 95.8 Å². The van der Waals surface area contributed by atoms with Crippen LogP contribution in [0.5, 0.6) is 0 Å². The summed E-state index contributed by atoms with van der Waals surface area (Å²) in [5.74, 6) is 1.56. The zero-order chi connectivity index (χ0) is 11.7. The van der Waals surface area contributed by atoms with Gasteiger partial charge in [-0.15, -0.1) is 0 Å². The molecule has 2 heterocycles. The molecule has 0 aliphatic carbocycles. The zero-order valence-corrected chi connectivity index (χ0v) is 10.1. The molecule has 2 rings (SSSR count). The number of carbonyl (C=O) groups is 1. The first-order valence-electron chi connectivity index (χ1n) is 5.88. The highest BCUT2D eigenvalue weighted by Crippen LogP contribution is 2.35. The molecule has 0 bridgehead atoms. The van der Waals surface area contributed by atoms with Gasteiger partial charge in [-0.05, 0) is 39.2 Å². The molecule has 1 aromatic rings. The smallest absolute Gasteiger partial charge is 0.163 e. The van der Waals surface area contributed by atoms with Gasteiger partial charge in [0.25, 0.3) is 0 Å². The van der Waals surface area contributed by atoms with Crippen molar-refractivity contribution in [3.63, 3.8) is 0 Å². The number of hydrogen-bond donors (Lipinski definition) is 0. The maximum Gasteiger partial charge on any atom is 0.163 e. The molecular weight excluding hydrogens is 204 g/mol. The van der Waals surface area contributed by atoms with Crippen molar-refractivity contribution in [3.05, 3.63) is 23.2 Å². The maximum absolute atomic E-state index is 11.3. The second-order valence-electron chi connectivity index (χ2n) is 4.41. The third-order valence-electron chi connectivity index (χ3n) is 3.20. The van der Waals surface area contributed by atoms with Crippen LogP contribution in [0.15, 0.2) is 10.5 Å². The minimum atomic E-state index is 0.0387. The number of furan rings is 1. The van der Waals surface area contributed by atoms with E-state index < -0.39 is 0 Å². The van der Waals surface area contributed by atoms with E-state index >= 15 is 0 Å². The number of hydrogen-bond acceptors (Lipinski definition) is 3. The summed E-state index contributed by atoms with van der Waals surface area (Å²) in [7, 11) is 0. The van der Waals surface area contributed by atoms with E-state index in [-0.39, 0.29) is 11.9 Å². The van der Waals surface area contributed by atoms with Crippen LogP contribution < -0.4 is 0 Å². The van der Waals surface area contributed by atoms with E-state index in [4.69, 9.17) is 9.15 Å². The normalized spacial score (nSPS) is 24.9. The highest BCUT2D eigenvalue weighted by molar-refractivity contribution is 5.95. The van der Waals surface area contributed by atoms with Gasteiger partial charge >= 0.3 is 0 Å². The van der Waals surface area contributed by atoms with Crippen LogP contribution in [0.1, 0.15) is 61.1 Å². The van der Waals surface area contributed by atoms with Crippen molar-refractivity contribution in [1.29, 1.82) is 0 Å². The fourth-order valence-electron chi connectivity index (χ4n) is 2.23. The van der Waals surface area contributed by atoms with Gasteiger partial charge in [0.15, 0.2) is 5.78 Å². The molecule has 0 unspecified atom stereocenters. The average Bonchev–Trinajstić information content (AvgIpc) is 2.83. The Morgan fingerprint density at radius 3 is 2.75 bits per heavy atom. The molecule has 1 aliphatic heterocycles. The van der Waals surface area contributed by atoms with Crippen molar-refractivity contribution >= 4 is 5.78 Å². The quantitative estimate of drug-likeness (QED) is 0.735. The van der Waals surface area contributed by atoms with E-state index in [9.17, 15) is 4.79 Å². The number of aryl methyl sites for hydroxylation is 1. The van der Waals surface area contributed by atoms with Crippen LogP contribution in [0.25, 0.3) is 0 Å². The van der Waals surface area contributed by atoms with Gasteiger partial charge in [-0.25, -0.2) is 0 Å². The molecule has 1 saturated heterocycles. The fourth-order valence-corrected chi connectivity index (χ4v) is 2.23. The van der Waals surface area contributed by atoms with E-state index in [2.05, 4.69) is 6.92 Å². The second-order valence-corrected chi connectivity index (χ2v) is 4.41. The molecular formula is C13H18O3. The summed E-state index contributed by atoms with van der Waals surface area (Å²) < 4.78 is 11.4. The Bertz CT molecular complexity index is 392. The number of carbonyl (C=O) groups excluding carboxylic acids is 1. The SMILES string of the molecule is CC[C@@H]1CC[C@H](c2cc(C(C)=O)c(C)o2)O1. The van der Waals surface area contributed by atoms with E-state index in [0.717, 1.165) is 25.0 Å². The molecule has 0 N–H and O–H groups in total. The van der Waals surface area contributed by atoms with Gasteiger partial charge in [0, 0.05) is 0 Å². The van der Waals surface area contributed by atoms with E-state index in [1.165, 1.54) is 0 Å². The lowest BCUT2D eigenvalue weighted by Gasteiger charge is -2.09. The standard InChI is InChI=1S/C13H18O3/c1-4-10-5-6-12(16-10)13-7-11(8(2)14)9(3)15-13/h7,10,12H,4-6H2,1-3H3/t10-,12-/m1/s1. The zero-order valence-electron chi connectivity index (χ0n) is 10.1. The topological polar surface area (TPSA) is 39.4 Å². The molecule has 3 heteroatoms. The van der Waals surface area contributed by atoms with Crippen molar-refractivity contribution in [2.45, 2.75) is 52.2 Å². The number of ketones is 1. The van der Waals surface area contributed by atoms with Crippen molar-refractivity contribution in [2.24, 2.45) is 0 Å². The van der Waals surface area contributed by atoms with Gasteiger partial charge in [0.2, 0.25) is 0 Å². The Morgan fingerprint density at radius 2 is 2.25 bits per heavy atom. The maximum atomic E-state index is 11.3. The van der Waals surface area contributed by atoms with Crippen LogP contribution in [-0.4, -0.2) is 11.9 Å². The molecule has 0 spiro atoms. The van der Waals surface area contributed by atoms with Gasteiger partial charge in [-0.2, -0.15) is 0 Å². The van der Waals surface area contributed by atoms with Gasteiger partial charge in [0.1, 0.15) is 17.6 Å². The van der Waals surface area contributed by atoms with Crippen LogP contribution in [0.2, 0.25) is 0 Å². The Morgan fingerprint density at radius 1 is 1.50 bits per heavy atom. The van der Waals surface area contributed by atoms with Crippen LogP contribution in [0.3, 0.4) is 0 Å². The number of rotatable bonds is 3. The van der Waals surface area contributed by atoms with Crippen LogP contribution >= 0.6 is 0 Å². The Hall–Kier alpha value is -1.09. The van der Waals surface area contributed by atoms with Gasteiger partial charge < -0.3 is 9.15 Å². The molecule has 0 amide bonds. The van der Waals surface area contributed by atoms with E-state index in [1.54, 1.807) is 6.92 Å². The summed E-state index contributed by atoms with van der Waals surface area (Å²) in [6.45, 7) is 5.51. The summed E-state index contributed by atoms with van der Waals surface area (Å²) in [6.07, 6.45) is 3.49. The predicted molar refractivity (Wildman–Crippen MR) is 60.6 cm³/mol. The van der Waals surface area contributed by atoms with Gasteiger partial charge in [0.05, 0.1) is 11.7 Å². The Balaban J connectivity index is 2.16. The molecule has 0 aromatic carbocycles. The largest absolute Gasteiger partial charge is 0.463 e. The first-order valence-corrected chi connectivity index (χ1v) is 5.88. The molecule has 3 nitrogen and oxygen atoms in total. The van der Waals surface area contributed by atoms with Crippen molar-refractivity contribution in [3.8, 4) is 0 Å². The molecule has 16 heavy (non-hydrogen) atoms. The predicted octanol–water partition coefficient (Wildman–Crippen LogP) is 3.42. The van der Waals surface area contributed by atoms with Gasteiger partial charge in [-0.1, -0.05) is 6.92 Å². The van der Waals surface area contributed by atoms with Gasteiger partial charge in [-0.3, -0.25) is 4.79 Å².